The van der Waals surface area contributed by atoms with Gasteiger partial charge in [-0.2, -0.15) is 0 Å². The van der Waals surface area contributed by atoms with Crippen LogP contribution in [0.25, 0.3) is 0 Å². The predicted molar refractivity (Wildman–Crippen MR) is 117 cm³/mol. The lowest BCUT2D eigenvalue weighted by Gasteiger charge is -2.26. The van der Waals surface area contributed by atoms with E-state index in [4.69, 9.17) is 18.9 Å². The van der Waals surface area contributed by atoms with Gasteiger partial charge in [-0.05, 0) is 24.5 Å². The fourth-order valence-corrected chi connectivity index (χ4v) is 2.95. The van der Waals surface area contributed by atoms with Gasteiger partial charge in [0.25, 0.3) is 0 Å². The summed E-state index contributed by atoms with van der Waals surface area (Å²) in [7, 11) is 0. The molecule has 0 aliphatic carbocycles. The number of nitrogens with zero attached hydrogens (tertiary/aromatic N) is 1. The first-order valence-electron chi connectivity index (χ1n) is 10.4. The number of esters is 1. The van der Waals surface area contributed by atoms with Gasteiger partial charge in [0.15, 0.2) is 0 Å². The Hall–Kier alpha value is -3.06. The molecule has 0 bridgehead atoms. The fourth-order valence-electron chi connectivity index (χ4n) is 2.95. The number of hydrogen-bond acceptors (Lipinski definition) is 6. The van der Waals surface area contributed by atoms with E-state index in [1.807, 2.05) is 49.4 Å². The molecule has 31 heavy (non-hydrogen) atoms. The Kier molecular flexibility index (Phi) is 11.0. The highest BCUT2D eigenvalue weighted by Gasteiger charge is 2.39. The van der Waals surface area contributed by atoms with Gasteiger partial charge < -0.3 is 18.9 Å². The maximum atomic E-state index is 12.3. The molecule has 1 aromatic rings. The minimum Gasteiger partial charge on any atom is -0.497 e. The van der Waals surface area contributed by atoms with Crippen molar-refractivity contribution in [2.75, 3.05) is 26.4 Å². The number of carbonyl (C=O) groups is 2. The van der Waals surface area contributed by atoms with Gasteiger partial charge >= 0.3 is 12.1 Å². The number of hydrogen-bond donors (Lipinski definition) is 0. The van der Waals surface area contributed by atoms with Crippen molar-refractivity contribution < 1.29 is 28.5 Å². The zero-order chi connectivity index (χ0) is 22.3. The van der Waals surface area contributed by atoms with Crippen LogP contribution in [0.4, 0.5) is 4.79 Å². The Morgan fingerprint density at radius 1 is 1.32 bits per heavy atom. The van der Waals surface area contributed by atoms with Gasteiger partial charge in [0.05, 0.1) is 12.9 Å². The van der Waals surface area contributed by atoms with E-state index in [0.29, 0.717) is 26.2 Å². The van der Waals surface area contributed by atoms with Crippen LogP contribution in [0.1, 0.15) is 25.3 Å². The summed E-state index contributed by atoms with van der Waals surface area (Å²) in [5.74, 6) is -0.523. The topological polar surface area (TPSA) is 74.3 Å². The van der Waals surface area contributed by atoms with Gasteiger partial charge in [-0.3, -0.25) is 4.90 Å². The lowest BCUT2D eigenvalue weighted by Crippen LogP contribution is -2.44. The van der Waals surface area contributed by atoms with Gasteiger partial charge in [0.1, 0.15) is 32.0 Å². The maximum absolute atomic E-state index is 12.3. The molecule has 1 aliphatic rings. The number of carbonyl (C=O) groups excluding carboxylic acids is 2. The summed E-state index contributed by atoms with van der Waals surface area (Å²) in [5, 5.41) is 0. The summed E-state index contributed by atoms with van der Waals surface area (Å²) >= 11 is 0. The van der Waals surface area contributed by atoms with Crippen LogP contribution in [0.15, 0.2) is 67.5 Å². The lowest BCUT2D eigenvalue weighted by atomic mass is 10.1. The molecule has 0 aromatic heterocycles. The van der Waals surface area contributed by atoms with Crippen LogP contribution in [-0.4, -0.2) is 55.5 Å². The molecule has 1 aliphatic heterocycles. The fraction of sp³-hybridized carbons (Fsp3) is 0.417. The molecule has 7 heteroatoms. The Bertz CT molecular complexity index is 746. The molecule has 0 unspecified atom stereocenters. The summed E-state index contributed by atoms with van der Waals surface area (Å²) in [6.07, 6.45) is 8.99. The third-order valence-corrected chi connectivity index (χ3v) is 4.53. The van der Waals surface area contributed by atoms with E-state index < -0.39 is 24.2 Å². The zero-order valence-electron chi connectivity index (χ0n) is 18.0. The molecule has 2 rings (SSSR count). The van der Waals surface area contributed by atoms with E-state index in [1.54, 1.807) is 17.1 Å². The average Bonchev–Trinajstić information content (AvgIpc) is 3.15. The summed E-state index contributed by atoms with van der Waals surface area (Å²) in [6.45, 7) is 6.79. The molecule has 1 aromatic carbocycles. The highest BCUT2D eigenvalue weighted by atomic mass is 16.6. The van der Waals surface area contributed by atoms with Gasteiger partial charge in [0.2, 0.25) is 0 Å². The zero-order valence-corrected chi connectivity index (χ0v) is 18.0. The molecule has 168 valence electrons. The molecular formula is C24H31NO6. The smallest absolute Gasteiger partial charge is 0.410 e. The Balaban J connectivity index is 1.98. The van der Waals surface area contributed by atoms with Crippen molar-refractivity contribution in [2.45, 2.75) is 38.5 Å². The molecule has 0 N–H and O–H groups in total. The van der Waals surface area contributed by atoms with Crippen LogP contribution in [0, 0.1) is 0 Å². The molecule has 0 radical (unpaired) electrons. The van der Waals surface area contributed by atoms with Crippen molar-refractivity contribution in [3.63, 3.8) is 0 Å². The van der Waals surface area contributed by atoms with Crippen molar-refractivity contribution in [2.24, 2.45) is 0 Å². The van der Waals surface area contributed by atoms with E-state index in [-0.39, 0.29) is 13.2 Å². The number of allylic oxidation sites excluding steroid dienone is 1. The molecule has 1 fully saturated rings. The van der Waals surface area contributed by atoms with Crippen LogP contribution < -0.4 is 0 Å². The molecule has 1 saturated heterocycles. The third kappa shape index (κ3) is 8.68. The molecule has 1 amide bonds. The predicted octanol–water partition coefficient (Wildman–Crippen LogP) is 4.01. The summed E-state index contributed by atoms with van der Waals surface area (Å²) in [4.78, 5) is 25.9. The monoisotopic (exact) mass is 429 g/mol. The minimum absolute atomic E-state index is 0.122. The second kappa shape index (κ2) is 14.0. The quantitative estimate of drug-likeness (QED) is 0.193. The van der Waals surface area contributed by atoms with Gasteiger partial charge in [-0.1, -0.05) is 55.5 Å². The standard InChI is InChI=1S/C24H31NO6/c1-3-5-10-15-28-19-23(26)31-22(13-16-29-17-20-11-8-7-9-12-20)21-18-30-24(27)25(21)14-6-4-2/h4-5,7-13,16,21-22H,2-3,6,14-15,17-19H2,1H3/b10-5+,16-13+/t21-,22-/m1/s1. The first-order chi connectivity index (χ1) is 15.2. The van der Waals surface area contributed by atoms with Crippen molar-refractivity contribution >= 4 is 12.1 Å². The van der Waals surface area contributed by atoms with Crippen molar-refractivity contribution in [3.8, 4) is 0 Å². The number of amides is 1. The van der Waals surface area contributed by atoms with Crippen LogP contribution in [0.3, 0.4) is 0 Å². The Labute approximate surface area is 183 Å². The van der Waals surface area contributed by atoms with Gasteiger partial charge in [-0.25, -0.2) is 9.59 Å². The Morgan fingerprint density at radius 2 is 2.13 bits per heavy atom. The van der Waals surface area contributed by atoms with E-state index >= 15 is 0 Å². The largest absolute Gasteiger partial charge is 0.497 e. The molecular weight excluding hydrogens is 398 g/mol. The Morgan fingerprint density at radius 3 is 2.87 bits per heavy atom. The van der Waals surface area contributed by atoms with E-state index in [1.165, 1.54) is 6.26 Å². The number of benzene rings is 1. The first-order valence-corrected chi connectivity index (χ1v) is 10.4. The minimum atomic E-state index is -0.727. The summed E-state index contributed by atoms with van der Waals surface area (Å²) in [6, 6.07) is 9.26. The molecule has 1 heterocycles. The normalized spacial score (nSPS) is 17.1. The van der Waals surface area contributed by atoms with Crippen molar-refractivity contribution in [1.82, 2.24) is 4.90 Å². The highest BCUT2D eigenvalue weighted by Crippen LogP contribution is 2.20. The van der Waals surface area contributed by atoms with Crippen LogP contribution in [-0.2, 0) is 30.3 Å². The first kappa shape index (κ1) is 24.2. The summed E-state index contributed by atoms with van der Waals surface area (Å²) < 4.78 is 21.7. The second-order valence-electron chi connectivity index (χ2n) is 6.89. The van der Waals surface area contributed by atoms with Crippen LogP contribution in [0.2, 0.25) is 0 Å². The van der Waals surface area contributed by atoms with E-state index in [2.05, 4.69) is 6.58 Å². The lowest BCUT2D eigenvalue weighted by molar-refractivity contribution is -0.154. The highest BCUT2D eigenvalue weighted by molar-refractivity contribution is 5.72. The summed E-state index contributed by atoms with van der Waals surface area (Å²) in [5.41, 5.74) is 1.02. The average molecular weight is 430 g/mol. The van der Waals surface area contributed by atoms with Crippen molar-refractivity contribution in [1.29, 1.82) is 0 Å². The van der Waals surface area contributed by atoms with Crippen molar-refractivity contribution in [3.05, 3.63) is 73.0 Å². The molecule has 0 spiro atoms. The maximum Gasteiger partial charge on any atom is 0.410 e. The van der Waals surface area contributed by atoms with Crippen LogP contribution in [0.5, 0.6) is 0 Å². The molecule has 7 nitrogen and oxygen atoms in total. The van der Waals surface area contributed by atoms with Gasteiger partial charge in [0, 0.05) is 6.54 Å². The molecule has 0 saturated carbocycles. The van der Waals surface area contributed by atoms with E-state index in [0.717, 1.165) is 12.0 Å². The number of rotatable bonds is 14. The number of ether oxygens (including phenoxy) is 4. The van der Waals surface area contributed by atoms with Gasteiger partial charge in [-0.15, -0.1) is 6.58 Å². The SMILES string of the molecule is C=CCCN1C(=O)OC[C@@H]1[C@@H](/C=C/OCc1ccccc1)OC(=O)COC/C=C/CC. The van der Waals surface area contributed by atoms with Crippen LogP contribution >= 0.6 is 0 Å². The number of cyclic esters (lactones) is 1. The molecule has 2 atom stereocenters. The second-order valence-corrected chi connectivity index (χ2v) is 6.89. The third-order valence-electron chi connectivity index (χ3n) is 4.53. The van der Waals surface area contributed by atoms with E-state index in [9.17, 15) is 9.59 Å².